The van der Waals surface area contributed by atoms with Gasteiger partial charge in [-0.25, -0.2) is 0 Å². The Morgan fingerprint density at radius 1 is 1.27 bits per heavy atom. The van der Waals surface area contributed by atoms with Crippen molar-refractivity contribution in [3.63, 3.8) is 0 Å². The molecule has 30 heavy (non-hydrogen) atoms. The molecule has 3 heterocycles. The van der Waals surface area contributed by atoms with Gasteiger partial charge in [-0.15, -0.1) is 12.4 Å². The molecule has 1 amide bonds. The zero-order valence-electron chi connectivity index (χ0n) is 16.9. The first-order valence-electron chi connectivity index (χ1n) is 9.68. The minimum absolute atomic E-state index is 0. The second-order valence-electron chi connectivity index (χ2n) is 7.78. The van der Waals surface area contributed by atoms with Crippen LogP contribution in [0.25, 0.3) is 33.4 Å². The number of nitrogens with one attached hydrogen (secondary N) is 1. The first-order valence-corrected chi connectivity index (χ1v) is 10.5. The molecule has 1 aromatic carbocycles. The van der Waals surface area contributed by atoms with Gasteiger partial charge >= 0.3 is 0 Å². The molecule has 5 rings (SSSR count). The number of benzene rings is 1. The van der Waals surface area contributed by atoms with Crippen molar-refractivity contribution in [3.05, 3.63) is 48.3 Å². The summed E-state index contributed by atoms with van der Waals surface area (Å²) in [4.78, 5) is 17.3. The lowest BCUT2D eigenvalue weighted by molar-refractivity contribution is -0.117. The number of aromatic nitrogens is 4. The normalized spacial score (nSPS) is 17.6. The zero-order valence-corrected chi connectivity index (χ0v) is 18.5. The van der Waals surface area contributed by atoms with Gasteiger partial charge in [-0.05, 0) is 55.1 Å². The number of hydrogen-bond donors (Lipinski definition) is 1. The van der Waals surface area contributed by atoms with Crippen LogP contribution in [0.5, 0.6) is 0 Å². The van der Waals surface area contributed by atoms with Gasteiger partial charge in [-0.3, -0.25) is 14.5 Å². The highest BCUT2D eigenvalue weighted by Gasteiger charge is 2.39. The Labute approximate surface area is 184 Å². The number of halogens is 1. The Morgan fingerprint density at radius 3 is 2.80 bits per heavy atom. The third-order valence-corrected chi connectivity index (χ3v) is 6.17. The number of anilines is 1. The van der Waals surface area contributed by atoms with Gasteiger partial charge in [0, 0.05) is 35.8 Å². The van der Waals surface area contributed by atoms with Crippen molar-refractivity contribution in [2.75, 3.05) is 5.32 Å². The number of fused-ring (bicyclic) bond motifs is 1. The number of hydrogen-bond acceptors (Lipinski definition) is 5. The number of carbonyl (C=O) groups is 1. The van der Waals surface area contributed by atoms with Crippen molar-refractivity contribution < 1.29 is 4.79 Å². The molecule has 0 saturated heterocycles. The number of aryl methyl sites for hydroxylation is 2. The van der Waals surface area contributed by atoms with Crippen molar-refractivity contribution in [2.45, 2.75) is 20.3 Å². The molecule has 1 aliphatic carbocycles. The monoisotopic (exact) mass is 439 g/mol. The number of rotatable bonds is 4. The summed E-state index contributed by atoms with van der Waals surface area (Å²) >= 11 is 1.31. The van der Waals surface area contributed by atoms with E-state index in [-0.39, 0.29) is 24.2 Å². The molecule has 1 saturated carbocycles. The van der Waals surface area contributed by atoms with Crippen LogP contribution in [0.1, 0.15) is 19.0 Å². The van der Waals surface area contributed by atoms with E-state index in [4.69, 9.17) is 9.36 Å². The van der Waals surface area contributed by atoms with E-state index in [1.54, 1.807) is 4.68 Å². The molecule has 0 spiro atoms. The van der Waals surface area contributed by atoms with Crippen LogP contribution in [0.4, 0.5) is 5.00 Å². The van der Waals surface area contributed by atoms with Crippen molar-refractivity contribution in [1.29, 1.82) is 0 Å². The largest absolute Gasteiger partial charge is 0.316 e. The molecule has 6 nitrogen and oxygen atoms in total. The molecule has 4 aromatic rings. The van der Waals surface area contributed by atoms with Crippen LogP contribution >= 0.6 is 23.9 Å². The van der Waals surface area contributed by atoms with E-state index in [0.717, 1.165) is 50.5 Å². The highest BCUT2D eigenvalue weighted by atomic mass is 35.5. The topological polar surface area (TPSA) is 72.7 Å². The van der Waals surface area contributed by atoms with Gasteiger partial charge < -0.3 is 5.32 Å². The van der Waals surface area contributed by atoms with Gasteiger partial charge in [0.2, 0.25) is 5.91 Å². The molecule has 1 fully saturated rings. The smallest absolute Gasteiger partial charge is 0.228 e. The highest BCUT2D eigenvalue weighted by Crippen LogP contribution is 2.43. The maximum atomic E-state index is 12.6. The summed E-state index contributed by atoms with van der Waals surface area (Å²) in [5, 5.41) is 9.37. The standard InChI is InChI=1S/C22H21N5OS.ClH/c1-12-9-16(12)21(28)24-22-19(18-6-4-5-13(2)23-18)20(26-29-22)14-7-8-17-15(10-14)11-27(3)25-17;/h4-8,10-12,16H,9H2,1-3H3,(H,24,28);1H/t12-,16-;/m1./s1. The summed E-state index contributed by atoms with van der Waals surface area (Å²) in [6.45, 7) is 4.07. The van der Waals surface area contributed by atoms with Gasteiger partial charge in [-0.1, -0.05) is 19.1 Å². The molecule has 154 valence electrons. The van der Waals surface area contributed by atoms with E-state index in [9.17, 15) is 4.79 Å². The van der Waals surface area contributed by atoms with Crippen molar-refractivity contribution in [3.8, 4) is 22.5 Å². The summed E-state index contributed by atoms with van der Waals surface area (Å²) in [6.07, 6.45) is 2.94. The van der Waals surface area contributed by atoms with Crippen LogP contribution in [0.3, 0.4) is 0 Å². The Bertz CT molecular complexity index is 1250. The quantitative estimate of drug-likeness (QED) is 0.481. The molecule has 0 bridgehead atoms. The van der Waals surface area contributed by atoms with Crippen LogP contribution in [0.2, 0.25) is 0 Å². The molecular weight excluding hydrogens is 418 g/mol. The zero-order chi connectivity index (χ0) is 20.1. The lowest BCUT2D eigenvalue weighted by Crippen LogP contribution is -2.14. The van der Waals surface area contributed by atoms with Gasteiger partial charge in [0.05, 0.1) is 22.5 Å². The number of amides is 1. The molecule has 0 aliphatic heterocycles. The Hall–Kier alpha value is -2.77. The molecule has 2 atom stereocenters. The maximum absolute atomic E-state index is 12.6. The van der Waals surface area contributed by atoms with E-state index in [1.807, 2.05) is 50.5 Å². The van der Waals surface area contributed by atoms with E-state index in [2.05, 4.69) is 23.4 Å². The summed E-state index contributed by atoms with van der Waals surface area (Å²) in [7, 11) is 1.91. The lowest BCUT2D eigenvalue weighted by Gasteiger charge is -2.08. The average Bonchev–Trinajstić information content (AvgIpc) is 3.10. The number of pyridine rings is 1. The molecule has 1 N–H and O–H groups in total. The summed E-state index contributed by atoms with van der Waals surface area (Å²) in [5.74, 6) is 0.630. The van der Waals surface area contributed by atoms with E-state index >= 15 is 0 Å². The van der Waals surface area contributed by atoms with E-state index in [0.29, 0.717) is 5.92 Å². The predicted octanol–water partition coefficient (Wildman–Crippen LogP) is 5.08. The Balaban J connectivity index is 0.00000218. The minimum atomic E-state index is 0. The number of nitrogens with zero attached hydrogens (tertiary/aromatic N) is 4. The van der Waals surface area contributed by atoms with E-state index < -0.39 is 0 Å². The van der Waals surface area contributed by atoms with Gasteiger partial charge in [0.15, 0.2) is 0 Å². The molecule has 0 radical (unpaired) electrons. The van der Waals surface area contributed by atoms with Crippen molar-refractivity contribution in [2.24, 2.45) is 18.9 Å². The highest BCUT2D eigenvalue weighted by molar-refractivity contribution is 7.11. The number of carbonyl (C=O) groups excluding carboxylic acids is 1. The lowest BCUT2D eigenvalue weighted by atomic mass is 10.0. The Kier molecular flexibility index (Phi) is 5.34. The summed E-state index contributed by atoms with van der Waals surface area (Å²) in [6, 6.07) is 12.0. The van der Waals surface area contributed by atoms with Crippen LogP contribution in [0, 0.1) is 18.8 Å². The summed E-state index contributed by atoms with van der Waals surface area (Å²) < 4.78 is 6.52. The SMILES string of the molecule is Cc1cccc(-c2c(-c3ccc4nn(C)cc4c3)nsc2NC(=O)[C@@H]2C[C@H]2C)n1.Cl. The first kappa shape index (κ1) is 20.5. The fraction of sp³-hybridized carbons (Fsp3) is 0.273. The predicted molar refractivity (Wildman–Crippen MR) is 123 cm³/mol. The molecule has 0 unspecified atom stereocenters. The Morgan fingerprint density at radius 2 is 2.07 bits per heavy atom. The van der Waals surface area contributed by atoms with Crippen molar-refractivity contribution >= 4 is 45.8 Å². The second kappa shape index (κ2) is 7.81. The van der Waals surface area contributed by atoms with Crippen LogP contribution in [-0.2, 0) is 11.8 Å². The minimum Gasteiger partial charge on any atom is -0.316 e. The third-order valence-electron chi connectivity index (χ3n) is 5.41. The van der Waals surface area contributed by atoms with Gasteiger partial charge in [0.25, 0.3) is 0 Å². The molecule has 3 aromatic heterocycles. The maximum Gasteiger partial charge on any atom is 0.228 e. The average molecular weight is 440 g/mol. The summed E-state index contributed by atoms with van der Waals surface area (Å²) in [5.41, 5.74) is 5.38. The fourth-order valence-corrected chi connectivity index (χ4v) is 4.50. The van der Waals surface area contributed by atoms with Crippen molar-refractivity contribution in [1.82, 2.24) is 19.1 Å². The molecule has 8 heteroatoms. The first-order chi connectivity index (χ1) is 14.0. The molecule has 1 aliphatic rings. The van der Waals surface area contributed by atoms with Crippen LogP contribution < -0.4 is 5.32 Å². The molecular formula is C22H22ClN5OS. The van der Waals surface area contributed by atoms with Gasteiger partial charge in [-0.2, -0.15) is 9.47 Å². The second-order valence-corrected chi connectivity index (χ2v) is 8.56. The van der Waals surface area contributed by atoms with E-state index in [1.165, 1.54) is 11.5 Å². The fourth-order valence-electron chi connectivity index (χ4n) is 3.68. The van der Waals surface area contributed by atoms with Crippen LogP contribution in [-0.4, -0.2) is 25.0 Å². The third kappa shape index (κ3) is 3.70. The van der Waals surface area contributed by atoms with Crippen LogP contribution in [0.15, 0.2) is 42.6 Å². The van der Waals surface area contributed by atoms with Gasteiger partial charge in [0.1, 0.15) is 5.00 Å².